The molecule has 1 rings (SSSR count). The summed E-state index contributed by atoms with van der Waals surface area (Å²) in [6, 6.07) is 0. The Morgan fingerprint density at radius 2 is 1.67 bits per heavy atom. The maximum atomic E-state index is 3.79. The number of rotatable bonds is 8. The highest BCUT2D eigenvalue weighted by Gasteiger charge is 2.29. The molecule has 0 heterocycles. The smallest absolute Gasteiger partial charge is 0.00958 e. The summed E-state index contributed by atoms with van der Waals surface area (Å²) in [5.41, 5.74) is 0.602. The van der Waals surface area contributed by atoms with E-state index in [9.17, 15) is 0 Å². The third-order valence-corrected chi connectivity index (χ3v) is 6.78. The Labute approximate surface area is 127 Å². The fourth-order valence-electron chi connectivity index (χ4n) is 2.82. The number of thioether (sulfide) groups is 1. The summed E-state index contributed by atoms with van der Waals surface area (Å²) in [5, 5.41) is 1.21. The first-order chi connectivity index (χ1) is 8.76. The van der Waals surface area contributed by atoms with E-state index in [1.165, 1.54) is 75.0 Å². The molecular formula is C15H30BrNS. The average molecular weight is 336 g/mol. The zero-order valence-electron chi connectivity index (χ0n) is 12.2. The molecule has 0 aliphatic heterocycles. The van der Waals surface area contributed by atoms with Crippen molar-refractivity contribution >= 4 is 27.7 Å². The molecule has 0 spiro atoms. The van der Waals surface area contributed by atoms with Crippen LogP contribution in [0.5, 0.6) is 0 Å². The minimum atomic E-state index is 0.602. The topological polar surface area (TPSA) is 3.24 Å². The van der Waals surface area contributed by atoms with Gasteiger partial charge < -0.3 is 4.90 Å². The molecule has 108 valence electrons. The van der Waals surface area contributed by atoms with Crippen LogP contribution in [0.25, 0.3) is 0 Å². The predicted octanol–water partition coefficient (Wildman–Crippen LogP) is 4.80. The van der Waals surface area contributed by atoms with Crippen molar-refractivity contribution in [2.45, 2.75) is 52.4 Å². The first-order valence-corrected chi connectivity index (χ1v) is 9.90. The van der Waals surface area contributed by atoms with Gasteiger partial charge in [-0.05, 0) is 37.1 Å². The quantitative estimate of drug-likeness (QED) is 0.356. The largest absolute Gasteiger partial charge is 0.303 e. The molecule has 0 saturated heterocycles. The first kappa shape index (κ1) is 16.8. The van der Waals surface area contributed by atoms with Crippen molar-refractivity contribution in [3.8, 4) is 0 Å². The van der Waals surface area contributed by atoms with Gasteiger partial charge in [0.25, 0.3) is 0 Å². The molecule has 1 fully saturated rings. The summed E-state index contributed by atoms with van der Waals surface area (Å²) in [5.74, 6) is 2.66. The summed E-state index contributed by atoms with van der Waals surface area (Å²) in [4.78, 5) is 2.53. The van der Waals surface area contributed by atoms with Gasteiger partial charge in [-0.15, -0.1) is 0 Å². The van der Waals surface area contributed by atoms with Gasteiger partial charge in [-0.3, -0.25) is 0 Å². The van der Waals surface area contributed by atoms with Gasteiger partial charge in [-0.1, -0.05) is 55.5 Å². The molecule has 0 aromatic carbocycles. The van der Waals surface area contributed by atoms with Crippen LogP contribution in [0, 0.1) is 5.41 Å². The van der Waals surface area contributed by atoms with Crippen LogP contribution in [0.2, 0.25) is 0 Å². The SMILES string of the molecule is CCN(CC)CCSCC1(CBr)CCCCCC1. The lowest BCUT2D eigenvalue weighted by atomic mass is 9.85. The van der Waals surface area contributed by atoms with Gasteiger partial charge in [0.15, 0.2) is 0 Å². The molecule has 0 radical (unpaired) electrons. The molecule has 1 aliphatic carbocycles. The molecule has 0 aromatic heterocycles. The van der Waals surface area contributed by atoms with Crippen LogP contribution in [0.1, 0.15) is 52.4 Å². The molecule has 0 atom stereocenters. The van der Waals surface area contributed by atoms with E-state index in [1.807, 2.05) is 0 Å². The Hall–Kier alpha value is 0.790. The lowest BCUT2D eigenvalue weighted by Gasteiger charge is -2.30. The van der Waals surface area contributed by atoms with Crippen LogP contribution in [-0.2, 0) is 0 Å². The van der Waals surface area contributed by atoms with Gasteiger partial charge in [-0.2, -0.15) is 11.8 Å². The van der Waals surface area contributed by atoms with E-state index < -0.39 is 0 Å². The Kier molecular flexibility index (Phi) is 9.04. The first-order valence-electron chi connectivity index (χ1n) is 7.62. The molecule has 0 N–H and O–H groups in total. The van der Waals surface area contributed by atoms with Gasteiger partial charge >= 0.3 is 0 Å². The maximum absolute atomic E-state index is 3.79. The molecule has 0 bridgehead atoms. The third-order valence-electron chi connectivity index (χ3n) is 4.30. The lowest BCUT2D eigenvalue weighted by molar-refractivity contribution is 0.321. The Morgan fingerprint density at radius 3 is 2.17 bits per heavy atom. The van der Waals surface area contributed by atoms with Crippen molar-refractivity contribution in [3.63, 3.8) is 0 Å². The number of halogens is 1. The number of nitrogens with zero attached hydrogens (tertiary/aromatic N) is 1. The summed E-state index contributed by atoms with van der Waals surface area (Å²) >= 11 is 5.97. The van der Waals surface area contributed by atoms with Gasteiger partial charge in [0.1, 0.15) is 0 Å². The second kappa shape index (κ2) is 9.66. The molecule has 0 unspecified atom stereocenters. The van der Waals surface area contributed by atoms with Gasteiger partial charge in [0, 0.05) is 17.6 Å². The standard InChI is InChI=1S/C15H30BrNS/c1-3-17(4-2)11-12-18-14-15(13-16)9-7-5-6-8-10-15/h3-14H2,1-2H3. The molecule has 3 heteroatoms. The number of hydrogen-bond donors (Lipinski definition) is 0. The highest BCUT2D eigenvalue weighted by atomic mass is 79.9. The molecule has 0 aromatic rings. The molecular weight excluding hydrogens is 306 g/mol. The van der Waals surface area contributed by atoms with Crippen molar-refractivity contribution in [2.75, 3.05) is 36.5 Å². The second-order valence-electron chi connectivity index (χ2n) is 5.63. The number of hydrogen-bond acceptors (Lipinski definition) is 2. The van der Waals surface area contributed by atoms with Crippen LogP contribution in [0.15, 0.2) is 0 Å². The summed E-state index contributed by atoms with van der Waals surface area (Å²) in [6.07, 6.45) is 8.69. The zero-order valence-corrected chi connectivity index (χ0v) is 14.6. The van der Waals surface area contributed by atoms with E-state index in [0.717, 1.165) is 0 Å². The lowest BCUT2D eigenvalue weighted by Crippen LogP contribution is -2.28. The van der Waals surface area contributed by atoms with E-state index in [-0.39, 0.29) is 0 Å². The monoisotopic (exact) mass is 335 g/mol. The van der Waals surface area contributed by atoms with Crippen LogP contribution in [-0.4, -0.2) is 41.4 Å². The van der Waals surface area contributed by atoms with Crippen molar-refractivity contribution in [3.05, 3.63) is 0 Å². The fourth-order valence-corrected chi connectivity index (χ4v) is 5.19. The minimum absolute atomic E-state index is 0.602. The summed E-state index contributed by atoms with van der Waals surface area (Å²) < 4.78 is 0. The van der Waals surface area contributed by atoms with Crippen LogP contribution in [0.4, 0.5) is 0 Å². The van der Waals surface area contributed by atoms with Gasteiger partial charge in [0.2, 0.25) is 0 Å². The van der Waals surface area contributed by atoms with Crippen molar-refractivity contribution < 1.29 is 0 Å². The van der Waals surface area contributed by atoms with E-state index in [2.05, 4.69) is 46.4 Å². The summed E-state index contributed by atoms with van der Waals surface area (Å²) in [7, 11) is 0. The predicted molar refractivity (Wildman–Crippen MR) is 89.0 cm³/mol. The van der Waals surface area contributed by atoms with Crippen molar-refractivity contribution in [1.82, 2.24) is 4.90 Å². The Morgan fingerprint density at radius 1 is 1.06 bits per heavy atom. The van der Waals surface area contributed by atoms with E-state index in [1.54, 1.807) is 0 Å². The summed E-state index contributed by atoms with van der Waals surface area (Å²) in [6.45, 7) is 8.18. The number of alkyl halides is 1. The Balaban J connectivity index is 2.25. The van der Waals surface area contributed by atoms with Crippen LogP contribution >= 0.6 is 27.7 Å². The molecule has 1 nitrogen and oxygen atoms in total. The normalized spacial score (nSPS) is 20.0. The molecule has 1 saturated carbocycles. The molecule has 18 heavy (non-hydrogen) atoms. The van der Waals surface area contributed by atoms with Crippen molar-refractivity contribution in [2.24, 2.45) is 5.41 Å². The van der Waals surface area contributed by atoms with Crippen LogP contribution in [0.3, 0.4) is 0 Å². The van der Waals surface area contributed by atoms with E-state index >= 15 is 0 Å². The van der Waals surface area contributed by atoms with Crippen molar-refractivity contribution in [1.29, 1.82) is 0 Å². The highest BCUT2D eigenvalue weighted by molar-refractivity contribution is 9.09. The Bertz CT molecular complexity index is 199. The maximum Gasteiger partial charge on any atom is 0.00958 e. The second-order valence-corrected chi connectivity index (χ2v) is 7.29. The van der Waals surface area contributed by atoms with E-state index in [4.69, 9.17) is 0 Å². The fraction of sp³-hybridized carbons (Fsp3) is 1.00. The van der Waals surface area contributed by atoms with E-state index in [0.29, 0.717) is 5.41 Å². The minimum Gasteiger partial charge on any atom is -0.303 e. The average Bonchev–Trinajstić information content (AvgIpc) is 2.65. The zero-order chi connectivity index (χ0) is 13.3. The third kappa shape index (κ3) is 5.83. The van der Waals surface area contributed by atoms with Gasteiger partial charge in [0.05, 0.1) is 0 Å². The molecule has 0 amide bonds. The molecule has 1 aliphatic rings. The van der Waals surface area contributed by atoms with Crippen LogP contribution < -0.4 is 0 Å². The highest BCUT2D eigenvalue weighted by Crippen LogP contribution is 2.39. The van der Waals surface area contributed by atoms with Gasteiger partial charge in [-0.25, -0.2) is 0 Å².